The van der Waals surface area contributed by atoms with Crippen molar-refractivity contribution in [1.29, 1.82) is 0 Å². The van der Waals surface area contributed by atoms with E-state index < -0.39 is 0 Å². The number of anilines is 1. The van der Waals surface area contributed by atoms with Gasteiger partial charge in [-0.15, -0.1) is 0 Å². The fraction of sp³-hybridized carbons (Fsp3) is 0.200. The lowest BCUT2D eigenvalue weighted by molar-refractivity contribution is 0.295. The van der Waals surface area contributed by atoms with Crippen LogP contribution in [0.15, 0.2) is 54.6 Å². The number of para-hydroxylation sites is 1. The summed E-state index contributed by atoms with van der Waals surface area (Å²) in [6.45, 7) is 2.25. The molecular weight excluding hydrogens is 210 g/mol. The highest BCUT2D eigenvalue weighted by atomic mass is 16.2. The molecule has 0 aliphatic rings. The lowest BCUT2D eigenvalue weighted by atomic mass is 10.0. The fourth-order valence-corrected chi connectivity index (χ4v) is 1.38. The van der Waals surface area contributed by atoms with Crippen molar-refractivity contribution in [1.82, 2.24) is 0 Å². The number of nitrogen functional groups attached to an aromatic ring is 1. The van der Waals surface area contributed by atoms with E-state index in [0.717, 1.165) is 17.7 Å². The lowest BCUT2D eigenvalue weighted by Gasteiger charge is -2.03. The van der Waals surface area contributed by atoms with Crippen molar-refractivity contribution >= 4 is 5.69 Å². The maximum absolute atomic E-state index is 7.88. The van der Waals surface area contributed by atoms with E-state index in [9.17, 15) is 0 Å². The third kappa shape index (κ3) is 4.29. The van der Waals surface area contributed by atoms with Crippen LogP contribution in [-0.2, 0) is 0 Å². The smallest absolute Gasteiger partial charge is 0.0428 e. The third-order valence-corrected chi connectivity index (χ3v) is 2.27. The van der Waals surface area contributed by atoms with Crippen LogP contribution in [0, 0.1) is 0 Å². The van der Waals surface area contributed by atoms with E-state index in [1.807, 2.05) is 49.4 Å². The average molecular weight is 229 g/mol. The van der Waals surface area contributed by atoms with Crippen molar-refractivity contribution in [2.24, 2.45) is 0 Å². The molecule has 90 valence electrons. The second kappa shape index (κ2) is 7.47. The summed E-state index contributed by atoms with van der Waals surface area (Å²) in [5.74, 6) is 0. The van der Waals surface area contributed by atoms with Gasteiger partial charge in [0.05, 0.1) is 0 Å². The average Bonchev–Trinajstić information content (AvgIpc) is 2.41. The van der Waals surface area contributed by atoms with Gasteiger partial charge in [-0.25, -0.2) is 0 Å². The van der Waals surface area contributed by atoms with Gasteiger partial charge in [0.2, 0.25) is 0 Å². The van der Waals surface area contributed by atoms with Crippen LogP contribution >= 0.6 is 0 Å². The number of hydrogen-bond acceptors (Lipinski definition) is 2. The van der Waals surface area contributed by atoms with Gasteiger partial charge in [-0.1, -0.05) is 55.5 Å². The standard InChI is InChI=1S/C12H11N.C3H8O/c13-12-9-5-4-8-11(12)10-6-2-1-3-7-10;1-2-3-4/h1-9H,13H2;4H,2-3H2,1H3. The molecule has 0 radical (unpaired) electrons. The molecule has 0 atom stereocenters. The van der Waals surface area contributed by atoms with Crippen LogP contribution in [0.3, 0.4) is 0 Å². The highest BCUT2D eigenvalue weighted by Gasteiger charge is 1.98. The molecule has 2 aromatic carbocycles. The molecule has 0 aliphatic heterocycles. The van der Waals surface area contributed by atoms with E-state index in [2.05, 4.69) is 12.1 Å². The molecule has 2 nitrogen and oxygen atoms in total. The van der Waals surface area contributed by atoms with Gasteiger partial charge in [-0.05, 0) is 18.1 Å². The summed E-state index contributed by atoms with van der Waals surface area (Å²) in [7, 11) is 0. The lowest BCUT2D eigenvalue weighted by Crippen LogP contribution is -1.88. The Bertz CT molecular complexity index is 424. The molecular formula is C15H19NO. The normalized spacial score (nSPS) is 9.29. The van der Waals surface area contributed by atoms with Gasteiger partial charge in [-0.2, -0.15) is 0 Å². The van der Waals surface area contributed by atoms with Crippen molar-refractivity contribution in [2.45, 2.75) is 13.3 Å². The molecule has 2 heteroatoms. The molecule has 2 aromatic rings. The van der Waals surface area contributed by atoms with Gasteiger partial charge in [0, 0.05) is 17.9 Å². The quantitative estimate of drug-likeness (QED) is 0.776. The zero-order valence-electron chi connectivity index (χ0n) is 10.1. The summed E-state index contributed by atoms with van der Waals surface area (Å²) in [5, 5.41) is 7.88. The minimum Gasteiger partial charge on any atom is -0.398 e. The van der Waals surface area contributed by atoms with E-state index in [0.29, 0.717) is 6.61 Å². The third-order valence-electron chi connectivity index (χ3n) is 2.27. The first-order valence-electron chi connectivity index (χ1n) is 5.80. The van der Waals surface area contributed by atoms with Crippen LogP contribution in [0.2, 0.25) is 0 Å². The SMILES string of the molecule is CCCO.Nc1ccccc1-c1ccccc1. The summed E-state index contributed by atoms with van der Waals surface area (Å²) in [6.07, 6.45) is 0.875. The largest absolute Gasteiger partial charge is 0.398 e. The van der Waals surface area contributed by atoms with E-state index in [1.54, 1.807) is 0 Å². The van der Waals surface area contributed by atoms with E-state index in [4.69, 9.17) is 10.8 Å². The Hall–Kier alpha value is -1.80. The monoisotopic (exact) mass is 229 g/mol. The predicted molar refractivity (Wildman–Crippen MR) is 73.7 cm³/mol. The first-order chi connectivity index (χ1) is 8.29. The maximum Gasteiger partial charge on any atom is 0.0428 e. The Kier molecular flexibility index (Phi) is 5.83. The molecule has 17 heavy (non-hydrogen) atoms. The Morgan fingerprint density at radius 1 is 0.941 bits per heavy atom. The Morgan fingerprint density at radius 3 is 2.00 bits per heavy atom. The van der Waals surface area contributed by atoms with Crippen molar-refractivity contribution in [2.75, 3.05) is 12.3 Å². The summed E-state index contributed by atoms with van der Waals surface area (Å²) in [6, 6.07) is 18.1. The maximum atomic E-state index is 7.88. The zero-order valence-corrected chi connectivity index (χ0v) is 10.1. The van der Waals surface area contributed by atoms with Crippen molar-refractivity contribution < 1.29 is 5.11 Å². The minimum atomic E-state index is 0.319. The van der Waals surface area contributed by atoms with Crippen LogP contribution in [-0.4, -0.2) is 11.7 Å². The summed E-state index contributed by atoms with van der Waals surface area (Å²) >= 11 is 0. The molecule has 0 unspecified atom stereocenters. The molecule has 2 rings (SSSR count). The van der Waals surface area contributed by atoms with Gasteiger partial charge < -0.3 is 10.8 Å². The van der Waals surface area contributed by atoms with Crippen molar-refractivity contribution in [3.63, 3.8) is 0 Å². The zero-order chi connectivity index (χ0) is 12.5. The second-order valence-electron chi connectivity index (χ2n) is 3.68. The first kappa shape index (κ1) is 13.3. The Morgan fingerprint density at radius 2 is 1.47 bits per heavy atom. The molecule has 0 aromatic heterocycles. The number of benzene rings is 2. The van der Waals surface area contributed by atoms with Crippen LogP contribution in [0.25, 0.3) is 11.1 Å². The highest BCUT2D eigenvalue weighted by molar-refractivity contribution is 5.75. The molecule has 0 saturated heterocycles. The van der Waals surface area contributed by atoms with Gasteiger partial charge >= 0.3 is 0 Å². The molecule has 0 spiro atoms. The molecule has 0 amide bonds. The molecule has 0 fully saturated rings. The van der Waals surface area contributed by atoms with Gasteiger partial charge in [0.1, 0.15) is 0 Å². The number of nitrogens with two attached hydrogens (primary N) is 1. The number of aliphatic hydroxyl groups excluding tert-OH is 1. The van der Waals surface area contributed by atoms with E-state index in [-0.39, 0.29) is 0 Å². The Labute approximate surface area is 103 Å². The fourth-order valence-electron chi connectivity index (χ4n) is 1.38. The van der Waals surface area contributed by atoms with Crippen LogP contribution in [0.1, 0.15) is 13.3 Å². The van der Waals surface area contributed by atoms with Gasteiger partial charge in [0.15, 0.2) is 0 Å². The molecule has 0 saturated carbocycles. The Balaban J connectivity index is 0.000000317. The van der Waals surface area contributed by atoms with Crippen molar-refractivity contribution in [3.8, 4) is 11.1 Å². The van der Waals surface area contributed by atoms with Crippen LogP contribution < -0.4 is 5.73 Å². The van der Waals surface area contributed by atoms with Crippen LogP contribution in [0.5, 0.6) is 0 Å². The van der Waals surface area contributed by atoms with Crippen molar-refractivity contribution in [3.05, 3.63) is 54.6 Å². The molecule has 0 heterocycles. The highest BCUT2D eigenvalue weighted by Crippen LogP contribution is 2.24. The summed E-state index contributed by atoms with van der Waals surface area (Å²) in [5.41, 5.74) is 8.95. The molecule has 0 aliphatic carbocycles. The number of aliphatic hydroxyl groups is 1. The van der Waals surface area contributed by atoms with Crippen LogP contribution in [0.4, 0.5) is 5.69 Å². The van der Waals surface area contributed by atoms with Gasteiger partial charge in [-0.3, -0.25) is 0 Å². The first-order valence-corrected chi connectivity index (χ1v) is 5.80. The second-order valence-corrected chi connectivity index (χ2v) is 3.68. The summed E-state index contributed by atoms with van der Waals surface area (Å²) in [4.78, 5) is 0. The molecule has 0 bridgehead atoms. The van der Waals surface area contributed by atoms with Gasteiger partial charge in [0.25, 0.3) is 0 Å². The topological polar surface area (TPSA) is 46.2 Å². The molecule has 3 N–H and O–H groups in total. The number of hydrogen-bond donors (Lipinski definition) is 2. The predicted octanol–water partition coefficient (Wildman–Crippen LogP) is 3.32. The number of rotatable bonds is 2. The minimum absolute atomic E-state index is 0.319. The van der Waals surface area contributed by atoms with E-state index >= 15 is 0 Å². The van der Waals surface area contributed by atoms with E-state index in [1.165, 1.54) is 5.56 Å². The summed E-state index contributed by atoms with van der Waals surface area (Å²) < 4.78 is 0.